The smallest absolute Gasteiger partial charge is 0.421 e. The first-order valence-corrected chi connectivity index (χ1v) is 8.24. The highest BCUT2D eigenvalue weighted by molar-refractivity contribution is 6.01. The van der Waals surface area contributed by atoms with Gasteiger partial charge in [-0.15, -0.1) is 0 Å². The molecule has 0 aromatic carbocycles. The van der Waals surface area contributed by atoms with Crippen molar-refractivity contribution >= 4 is 18.2 Å². The maximum atomic E-state index is 15.3. The summed E-state index contributed by atoms with van der Waals surface area (Å²) < 4.78 is 30.3. The van der Waals surface area contributed by atoms with Crippen molar-refractivity contribution < 1.29 is 33.0 Å². The van der Waals surface area contributed by atoms with Crippen LogP contribution in [0.1, 0.15) is 48.0 Å². The lowest BCUT2D eigenvalue weighted by atomic mass is 10.1. The first-order chi connectivity index (χ1) is 12.1. The minimum atomic E-state index is -2.48. The zero-order valence-corrected chi connectivity index (χ0v) is 16.6. The van der Waals surface area contributed by atoms with Crippen LogP contribution in [-0.4, -0.2) is 52.6 Å². The van der Waals surface area contributed by atoms with Crippen LogP contribution in [0, 0.1) is 11.3 Å². The third kappa shape index (κ3) is 4.76. The predicted molar refractivity (Wildman–Crippen MR) is 92.3 cm³/mol. The highest BCUT2D eigenvalue weighted by Gasteiger charge is 2.80. The third-order valence-corrected chi connectivity index (χ3v) is 3.55. The first-order valence-electron chi connectivity index (χ1n) is 8.24. The van der Waals surface area contributed by atoms with E-state index in [2.05, 4.69) is 4.74 Å². The average Bonchev–Trinajstić information content (AvgIpc) is 3.07. The number of carbonyl (C=O) groups is 3. The van der Waals surface area contributed by atoms with Gasteiger partial charge in [0.15, 0.2) is 11.2 Å². The van der Waals surface area contributed by atoms with E-state index in [0.717, 1.165) is 19.3 Å². The molecule has 0 spiro atoms. The zero-order chi connectivity index (χ0) is 21.3. The highest BCUT2D eigenvalue weighted by Crippen LogP contribution is 2.58. The van der Waals surface area contributed by atoms with Crippen molar-refractivity contribution in [2.45, 2.75) is 70.4 Å². The second-order valence-corrected chi connectivity index (χ2v) is 8.15. The van der Waals surface area contributed by atoms with Gasteiger partial charge < -0.3 is 14.2 Å². The Kier molecular flexibility index (Phi) is 5.96. The molecule has 150 valence electrons. The Morgan fingerprint density at radius 1 is 1.07 bits per heavy atom. The number of hydrogen-bond donors (Lipinski definition) is 0. The largest absolute Gasteiger partial charge is 0.467 e. The van der Waals surface area contributed by atoms with E-state index in [1.165, 1.54) is 0 Å². The number of nitrogens with zero attached hydrogens (tertiary/aromatic N) is 2. The third-order valence-electron chi connectivity index (χ3n) is 3.55. The van der Waals surface area contributed by atoms with Crippen LogP contribution in [0.15, 0.2) is 12.2 Å². The quantitative estimate of drug-likeness (QED) is 0.418. The fraction of sp³-hybridized carbons (Fsp3) is 0.667. The average molecular weight is 384 g/mol. The number of halogens is 1. The van der Waals surface area contributed by atoms with E-state index in [1.807, 2.05) is 0 Å². The molecule has 1 aliphatic rings. The summed E-state index contributed by atoms with van der Waals surface area (Å²) in [6.45, 7) is 9.30. The van der Waals surface area contributed by atoms with Gasteiger partial charge in [-0.3, -0.25) is 0 Å². The summed E-state index contributed by atoms with van der Waals surface area (Å²) in [5.41, 5.74) is -6.85. The van der Waals surface area contributed by atoms with Crippen LogP contribution in [0.3, 0.4) is 0 Å². The Labute approximate surface area is 157 Å². The molecule has 1 rings (SSSR count). The summed E-state index contributed by atoms with van der Waals surface area (Å²) in [6, 6.07) is 1.61. The van der Waals surface area contributed by atoms with Crippen molar-refractivity contribution in [1.29, 1.82) is 5.26 Å². The van der Waals surface area contributed by atoms with Crippen LogP contribution in [0.4, 0.5) is 14.0 Å². The van der Waals surface area contributed by atoms with Gasteiger partial charge >= 0.3 is 18.2 Å². The Balaban J connectivity index is 3.48. The number of amides is 2. The number of rotatable bonds is 3. The van der Waals surface area contributed by atoms with Crippen LogP contribution >= 0.6 is 0 Å². The number of imide groups is 1. The first kappa shape index (κ1) is 22.4. The lowest BCUT2D eigenvalue weighted by Crippen LogP contribution is -2.57. The zero-order valence-electron chi connectivity index (χ0n) is 16.6. The fourth-order valence-electron chi connectivity index (χ4n) is 2.46. The van der Waals surface area contributed by atoms with Gasteiger partial charge in [0.2, 0.25) is 0 Å². The fourth-order valence-corrected chi connectivity index (χ4v) is 2.46. The molecule has 0 aliphatic heterocycles. The van der Waals surface area contributed by atoms with Crippen molar-refractivity contribution in [3.63, 3.8) is 0 Å². The van der Waals surface area contributed by atoms with Crippen molar-refractivity contribution in [3.8, 4) is 6.07 Å². The summed E-state index contributed by atoms with van der Waals surface area (Å²) in [6.07, 6.45) is -1.46. The monoisotopic (exact) mass is 384 g/mol. The van der Waals surface area contributed by atoms with Gasteiger partial charge in [0, 0.05) is 12.5 Å². The van der Waals surface area contributed by atoms with Crippen LogP contribution in [0.25, 0.3) is 0 Å². The molecule has 0 aromatic rings. The van der Waals surface area contributed by atoms with Gasteiger partial charge in [0.05, 0.1) is 13.2 Å². The molecule has 0 N–H and O–H groups in total. The van der Waals surface area contributed by atoms with Crippen molar-refractivity contribution in [2.75, 3.05) is 7.11 Å². The Bertz CT molecular complexity index is 672. The second-order valence-electron chi connectivity index (χ2n) is 8.15. The van der Waals surface area contributed by atoms with Crippen LogP contribution in [0.2, 0.25) is 0 Å². The highest BCUT2D eigenvalue weighted by atomic mass is 19.1. The van der Waals surface area contributed by atoms with Crippen LogP contribution in [-0.2, 0) is 19.0 Å². The molecule has 1 fully saturated rings. The number of allylic oxidation sites excluding steroid dienone is 1. The molecule has 27 heavy (non-hydrogen) atoms. The summed E-state index contributed by atoms with van der Waals surface area (Å²) in [5, 5.41) is 8.67. The van der Waals surface area contributed by atoms with Gasteiger partial charge in [0.1, 0.15) is 11.2 Å². The van der Waals surface area contributed by atoms with Gasteiger partial charge in [-0.05, 0) is 47.6 Å². The van der Waals surface area contributed by atoms with E-state index in [1.54, 1.807) is 47.6 Å². The SMILES string of the molecule is COC(=O)[C@]1(N(C(=O)OC(C)(C)C)C(=O)OC(C)(C)C)C[C@@]1(F)/C=C/C#N. The number of esters is 1. The summed E-state index contributed by atoms with van der Waals surface area (Å²) in [4.78, 5) is 38.1. The van der Waals surface area contributed by atoms with Gasteiger partial charge in [-0.25, -0.2) is 18.8 Å². The molecule has 0 heterocycles. The Hall–Kier alpha value is -2.63. The van der Waals surface area contributed by atoms with E-state index in [9.17, 15) is 14.4 Å². The van der Waals surface area contributed by atoms with Gasteiger partial charge in [0.25, 0.3) is 0 Å². The number of ether oxygens (including phenoxy) is 3. The number of nitriles is 1. The standard InChI is InChI=1S/C18H25FN2O6/c1-15(2,3)26-13(23)21(14(24)27-16(4,5)6)18(12(22)25-7)11-17(18,19)9-8-10-20/h8-9H,11H2,1-7H3/b9-8+/t17-,18+/m0/s1. The van der Waals surface area contributed by atoms with Crippen LogP contribution < -0.4 is 0 Å². The maximum Gasteiger partial charge on any atom is 0.421 e. The molecule has 1 saturated carbocycles. The Morgan fingerprint density at radius 3 is 1.85 bits per heavy atom. The maximum absolute atomic E-state index is 15.3. The van der Waals surface area contributed by atoms with E-state index >= 15 is 4.39 Å². The van der Waals surface area contributed by atoms with Gasteiger partial charge in [-0.2, -0.15) is 10.2 Å². The predicted octanol–water partition coefficient (Wildman–Crippen LogP) is 3.26. The molecule has 1 aliphatic carbocycles. The molecule has 0 radical (unpaired) electrons. The molecular weight excluding hydrogens is 359 g/mol. The molecule has 9 heteroatoms. The summed E-state index contributed by atoms with van der Waals surface area (Å²) in [5.74, 6) is -1.16. The molecule has 0 aromatic heterocycles. The minimum absolute atomic E-state index is 0.303. The number of hydrogen-bond acceptors (Lipinski definition) is 7. The second kappa shape index (κ2) is 7.18. The van der Waals surface area contributed by atoms with Crippen molar-refractivity contribution in [1.82, 2.24) is 4.90 Å². The van der Waals surface area contributed by atoms with E-state index in [-0.39, 0.29) is 0 Å². The Morgan fingerprint density at radius 2 is 1.52 bits per heavy atom. The lowest BCUT2D eigenvalue weighted by Gasteiger charge is -2.33. The summed E-state index contributed by atoms with van der Waals surface area (Å²) >= 11 is 0. The molecule has 2 amide bonds. The topological polar surface area (TPSA) is 106 Å². The molecule has 0 unspecified atom stereocenters. The van der Waals surface area contributed by atoms with E-state index in [0.29, 0.717) is 4.90 Å². The van der Waals surface area contributed by atoms with Crippen molar-refractivity contribution in [2.24, 2.45) is 0 Å². The van der Waals surface area contributed by atoms with Crippen molar-refractivity contribution in [3.05, 3.63) is 12.2 Å². The molecule has 0 saturated heterocycles. The minimum Gasteiger partial charge on any atom is -0.467 e. The van der Waals surface area contributed by atoms with Crippen LogP contribution in [0.5, 0.6) is 0 Å². The molecule has 8 nitrogen and oxygen atoms in total. The van der Waals surface area contributed by atoms with E-state index in [4.69, 9.17) is 14.7 Å². The molecule has 0 bridgehead atoms. The summed E-state index contributed by atoms with van der Waals surface area (Å²) in [7, 11) is 0.999. The number of alkyl halides is 1. The van der Waals surface area contributed by atoms with Gasteiger partial charge in [-0.1, -0.05) is 0 Å². The molecule has 2 atom stereocenters. The lowest BCUT2D eigenvalue weighted by molar-refractivity contribution is -0.150. The number of carbonyl (C=O) groups excluding carboxylic acids is 3. The normalized spacial score (nSPS) is 24.7. The van der Waals surface area contributed by atoms with E-state index < -0.39 is 47.0 Å². The number of methoxy groups -OCH3 is 1. The molecular formula is C18H25FN2O6.